The Bertz CT molecular complexity index is 727. The van der Waals surface area contributed by atoms with Crippen LogP contribution in [0.2, 0.25) is 0 Å². The minimum Gasteiger partial charge on any atom is -0.496 e. The standard InChI is InChI=1S/C21H29N3O2S/c1-4-23-11-13-24(14-12-23)20(19-10-7-15-27-19)16(2)22-21(25)17-8-5-6-9-18(17)26-3/h5-10,15-16,20H,4,11-14H2,1-3H3,(H,22,25)/t16-,20-/m0/s1. The van der Waals surface area contributed by atoms with Crippen molar-refractivity contribution in [1.29, 1.82) is 0 Å². The van der Waals surface area contributed by atoms with Crippen LogP contribution in [0.4, 0.5) is 0 Å². The van der Waals surface area contributed by atoms with Crippen molar-refractivity contribution in [2.75, 3.05) is 39.8 Å². The quantitative estimate of drug-likeness (QED) is 0.792. The Morgan fingerprint density at radius 3 is 2.56 bits per heavy atom. The minimum atomic E-state index is -0.0892. The first kappa shape index (κ1) is 19.9. The number of nitrogens with one attached hydrogen (secondary N) is 1. The number of para-hydroxylation sites is 1. The van der Waals surface area contributed by atoms with E-state index in [-0.39, 0.29) is 18.0 Å². The summed E-state index contributed by atoms with van der Waals surface area (Å²) in [6.07, 6.45) is 0. The van der Waals surface area contributed by atoms with Crippen molar-refractivity contribution in [2.24, 2.45) is 0 Å². The first-order valence-corrected chi connectivity index (χ1v) is 10.5. The minimum absolute atomic E-state index is 0.00533. The van der Waals surface area contributed by atoms with E-state index in [0.29, 0.717) is 11.3 Å². The van der Waals surface area contributed by atoms with Gasteiger partial charge in [0.15, 0.2) is 0 Å². The van der Waals surface area contributed by atoms with Gasteiger partial charge in [-0.3, -0.25) is 9.69 Å². The van der Waals surface area contributed by atoms with Crippen LogP contribution in [-0.2, 0) is 0 Å². The molecule has 5 nitrogen and oxygen atoms in total. The van der Waals surface area contributed by atoms with Crippen molar-refractivity contribution >= 4 is 17.2 Å². The molecule has 1 amide bonds. The van der Waals surface area contributed by atoms with Crippen LogP contribution in [0.1, 0.15) is 35.1 Å². The fraction of sp³-hybridized carbons (Fsp3) is 0.476. The Labute approximate surface area is 165 Å². The average Bonchev–Trinajstić information content (AvgIpc) is 3.22. The number of hydrogen-bond acceptors (Lipinski definition) is 5. The number of nitrogens with zero attached hydrogens (tertiary/aromatic N) is 2. The molecule has 2 heterocycles. The van der Waals surface area contributed by atoms with E-state index < -0.39 is 0 Å². The van der Waals surface area contributed by atoms with Crippen molar-refractivity contribution in [3.63, 3.8) is 0 Å². The molecule has 27 heavy (non-hydrogen) atoms. The summed E-state index contributed by atoms with van der Waals surface area (Å²) in [5.41, 5.74) is 0.576. The fourth-order valence-electron chi connectivity index (χ4n) is 3.76. The molecule has 1 aliphatic rings. The molecule has 1 aromatic carbocycles. The SMILES string of the molecule is CCN1CCN([C@H](c2cccs2)[C@H](C)NC(=O)c2ccccc2OC)CC1. The predicted molar refractivity (Wildman–Crippen MR) is 111 cm³/mol. The predicted octanol–water partition coefficient (Wildman–Crippen LogP) is 3.25. The van der Waals surface area contributed by atoms with E-state index in [1.54, 1.807) is 24.5 Å². The molecule has 0 radical (unpaired) electrons. The summed E-state index contributed by atoms with van der Waals surface area (Å²) in [6, 6.07) is 11.8. The van der Waals surface area contributed by atoms with Gasteiger partial charge in [0.25, 0.3) is 5.91 Å². The van der Waals surface area contributed by atoms with Gasteiger partial charge in [-0.15, -0.1) is 11.3 Å². The second-order valence-electron chi connectivity index (χ2n) is 6.89. The Balaban J connectivity index is 1.75. The molecule has 1 saturated heterocycles. The largest absolute Gasteiger partial charge is 0.496 e. The Morgan fingerprint density at radius 2 is 1.93 bits per heavy atom. The van der Waals surface area contributed by atoms with Gasteiger partial charge >= 0.3 is 0 Å². The molecule has 6 heteroatoms. The van der Waals surface area contributed by atoms with Gasteiger partial charge in [0.1, 0.15) is 5.75 Å². The highest BCUT2D eigenvalue weighted by Crippen LogP contribution is 2.30. The molecule has 0 saturated carbocycles. The number of methoxy groups -OCH3 is 1. The highest BCUT2D eigenvalue weighted by atomic mass is 32.1. The number of rotatable bonds is 7. The third-order valence-corrected chi connectivity index (χ3v) is 6.21. The Morgan fingerprint density at radius 1 is 1.19 bits per heavy atom. The molecule has 2 atom stereocenters. The van der Waals surface area contributed by atoms with Gasteiger partial charge in [0.05, 0.1) is 18.7 Å². The topological polar surface area (TPSA) is 44.8 Å². The number of piperazine rings is 1. The molecule has 1 aliphatic heterocycles. The summed E-state index contributed by atoms with van der Waals surface area (Å²) in [5.74, 6) is 0.514. The van der Waals surface area contributed by atoms with Gasteiger partial charge in [0, 0.05) is 37.1 Å². The van der Waals surface area contributed by atoms with Crippen LogP contribution in [0.15, 0.2) is 41.8 Å². The lowest BCUT2D eigenvalue weighted by atomic mass is 10.0. The van der Waals surface area contributed by atoms with Crippen LogP contribution in [-0.4, -0.2) is 61.6 Å². The van der Waals surface area contributed by atoms with E-state index in [2.05, 4.69) is 46.5 Å². The molecule has 146 valence electrons. The first-order valence-electron chi connectivity index (χ1n) is 9.57. The summed E-state index contributed by atoms with van der Waals surface area (Å²) in [4.78, 5) is 19.2. The lowest BCUT2D eigenvalue weighted by molar-refractivity contribution is 0.0752. The van der Waals surface area contributed by atoms with Crippen molar-refractivity contribution in [1.82, 2.24) is 15.1 Å². The highest BCUT2D eigenvalue weighted by Gasteiger charge is 2.31. The molecule has 1 N–H and O–H groups in total. The van der Waals surface area contributed by atoms with Crippen molar-refractivity contribution < 1.29 is 9.53 Å². The number of carbonyl (C=O) groups is 1. The Kier molecular flexibility index (Phi) is 6.88. The first-order chi connectivity index (χ1) is 13.1. The smallest absolute Gasteiger partial charge is 0.255 e. The second kappa shape index (κ2) is 9.35. The van der Waals surface area contributed by atoms with Crippen LogP contribution in [0.5, 0.6) is 5.75 Å². The number of hydrogen-bond donors (Lipinski definition) is 1. The number of carbonyl (C=O) groups excluding carboxylic acids is 1. The second-order valence-corrected chi connectivity index (χ2v) is 7.87. The molecule has 1 aromatic heterocycles. The van der Waals surface area contributed by atoms with E-state index in [0.717, 1.165) is 32.7 Å². The van der Waals surface area contributed by atoms with E-state index in [4.69, 9.17) is 4.74 Å². The van der Waals surface area contributed by atoms with Gasteiger partial charge < -0.3 is 15.0 Å². The highest BCUT2D eigenvalue weighted by molar-refractivity contribution is 7.10. The molecule has 0 unspecified atom stereocenters. The molecule has 3 rings (SSSR count). The molecule has 0 bridgehead atoms. The molecule has 0 aliphatic carbocycles. The molecule has 2 aromatic rings. The molecule has 1 fully saturated rings. The summed E-state index contributed by atoms with van der Waals surface area (Å²) in [6.45, 7) is 9.59. The maximum absolute atomic E-state index is 12.9. The van der Waals surface area contributed by atoms with E-state index in [1.807, 2.05) is 18.2 Å². The van der Waals surface area contributed by atoms with Crippen LogP contribution >= 0.6 is 11.3 Å². The van der Waals surface area contributed by atoms with Gasteiger partial charge in [-0.1, -0.05) is 25.1 Å². The van der Waals surface area contributed by atoms with Gasteiger partial charge in [-0.25, -0.2) is 0 Å². The lowest BCUT2D eigenvalue weighted by Gasteiger charge is -2.41. The summed E-state index contributed by atoms with van der Waals surface area (Å²) < 4.78 is 5.35. The number of thiophene rings is 1. The van der Waals surface area contributed by atoms with Crippen molar-refractivity contribution in [3.05, 3.63) is 52.2 Å². The van der Waals surface area contributed by atoms with Crippen molar-refractivity contribution in [3.8, 4) is 5.75 Å². The normalized spacial score (nSPS) is 18.0. The van der Waals surface area contributed by atoms with E-state index in [1.165, 1.54) is 4.88 Å². The van der Waals surface area contributed by atoms with Gasteiger partial charge in [-0.05, 0) is 37.0 Å². The number of amides is 1. The average molecular weight is 388 g/mol. The zero-order valence-corrected chi connectivity index (χ0v) is 17.2. The molecular weight excluding hydrogens is 358 g/mol. The number of benzene rings is 1. The molecular formula is C21H29N3O2S. The van der Waals surface area contributed by atoms with Crippen LogP contribution in [0.3, 0.4) is 0 Å². The van der Waals surface area contributed by atoms with Gasteiger partial charge in [0.2, 0.25) is 0 Å². The maximum Gasteiger partial charge on any atom is 0.255 e. The van der Waals surface area contributed by atoms with Crippen LogP contribution in [0, 0.1) is 0 Å². The zero-order chi connectivity index (χ0) is 19.2. The van der Waals surface area contributed by atoms with Gasteiger partial charge in [-0.2, -0.15) is 0 Å². The van der Waals surface area contributed by atoms with Crippen molar-refractivity contribution in [2.45, 2.75) is 25.9 Å². The number of ether oxygens (including phenoxy) is 1. The third kappa shape index (κ3) is 4.69. The number of likely N-dealkylation sites (N-methyl/N-ethyl adjacent to an activating group) is 1. The third-order valence-electron chi connectivity index (χ3n) is 5.27. The Hall–Kier alpha value is -1.89. The van der Waals surface area contributed by atoms with E-state index in [9.17, 15) is 4.79 Å². The fourth-order valence-corrected chi connectivity index (χ4v) is 4.72. The summed E-state index contributed by atoms with van der Waals surface area (Å²) >= 11 is 1.76. The van der Waals surface area contributed by atoms with Crippen LogP contribution in [0.25, 0.3) is 0 Å². The van der Waals surface area contributed by atoms with Crippen LogP contribution < -0.4 is 10.1 Å². The van der Waals surface area contributed by atoms with E-state index >= 15 is 0 Å². The summed E-state index contributed by atoms with van der Waals surface area (Å²) in [7, 11) is 1.59. The monoisotopic (exact) mass is 387 g/mol. The lowest BCUT2D eigenvalue weighted by Crippen LogP contribution is -2.52. The molecule has 0 spiro atoms. The summed E-state index contributed by atoms with van der Waals surface area (Å²) in [5, 5.41) is 5.32. The maximum atomic E-state index is 12.9. The zero-order valence-electron chi connectivity index (χ0n) is 16.4.